The molecule has 1 aliphatic heterocycles. The summed E-state index contributed by atoms with van der Waals surface area (Å²) in [6.45, 7) is 23.5. The Morgan fingerprint density at radius 2 is 1.00 bits per heavy atom. The summed E-state index contributed by atoms with van der Waals surface area (Å²) in [6.07, 6.45) is 0. The molecule has 4 aromatic carbocycles. The number of aryl methyl sites for hydroxylation is 2. The normalized spacial score (nSPS) is 13.4. The molecule has 0 saturated heterocycles. The van der Waals surface area contributed by atoms with E-state index in [4.69, 9.17) is 30.1 Å². The van der Waals surface area contributed by atoms with Crippen molar-refractivity contribution in [2.45, 2.75) is 86.1 Å². The first-order chi connectivity index (χ1) is 20.5. The summed E-state index contributed by atoms with van der Waals surface area (Å²) in [5.74, 6) is 0. The number of nitrogens with zero attached hydrogens (tertiary/aromatic N) is 1. The van der Waals surface area contributed by atoms with Crippen LogP contribution in [0.2, 0.25) is 0 Å². The van der Waals surface area contributed by atoms with Crippen LogP contribution in [0.5, 0.6) is 0 Å². The van der Waals surface area contributed by atoms with Gasteiger partial charge in [0.1, 0.15) is 21.2 Å². The van der Waals surface area contributed by atoms with Crippen molar-refractivity contribution in [2.24, 2.45) is 0 Å². The van der Waals surface area contributed by atoms with E-state index >= 15 is 0 Å². The van der Waals surface area contributed by atoms with Crippen LogP contribution in [0.4, 0.5) is 0 Å². The molecule has 0 unspecified atom stereocenters. The quantitative estimate of drug-likeness (QED) is 0.185. The Labute approximate surface area is 285 Å². The zero-order valence-electron chi connectivity index (χ0n) is 27.6. The Bertz CT molecular complexity index is 1500. The molecule has 235 valence electrons. The topological polar surface area (TPSA) is 3.24 Å². The predicted molar refractivity (Wildman–Crippen MR) is 201 cm³/mol. The average molecular weight is 726 g/mol. The first kappa shape index (κ1) is 35.9. The Morgan fingerprint density at radius 1 is 0.636 bits per heavy atom. The van der Waals surface area contributed by atoms with E-state index in [9.17, 15) is 0 Å². The van der Waals surface area contributed by atoms with Crippen molar-refractivity contribution < 1.29 is 11.4 Å². The number of fused-ring (bicyclic) bond motifs is 3. The molecule has 44 heavy (non-hydrogen) atoms. The molecule has 0 saturated carbocycles. The molecule has 0 N–H and O–H groups in total. The van der Waals surface area contributed by atoms with Crippen LogP contribution in [0, 0.1) is 13.8 Å². The molecule has 0 radical (unpaired) electrons. The summed E-state index contributed by atoms with van der Waals surface area (Å²) in [6, 6.07) is 33.4. The first-order valence-electron chi connectivity index (χ1n) is 15.2. The summed E-state index contributed by atoms with van der Waals surface area (Å²) in [5.41, 5.74) is 8.77. The van der Waals surface area contributed by atoms with Crippen LogP contribution in [-0.4, -0.2) is 10.5 Å². The molecule has 0 aliphatic carbocycles. The number of hydrogen-bond donors (Lipinski definition) is 0. The fourth-order valence-electron chi connectivity index (χ4n) is 6.00. The molecule has 5 rings (SSSR count). The standard InChI is InChI=1S/C37H45NP2.3ClH.Cr/c1-25(2)38(39(32-17-13-11-15-26(32)3)33-18-14-12-16-27(33)4)40-34-23-28(36(5,6)7)19-21-30(34)31-22-20-29(24-35(31)40)37(8,9)10;;;;/h11-25H,1-10H3;3*1H;/q;;;;+3/p-1. The van der Waals surface area contributed by atoms with E-state index in [1.807, 2.05) is 0 Å². The molecule has 0 fully saturated rings. The number of benzene rings is 4. The van der Waals surface area contributed by atoms with Gasteiger partial charge >= 0.3 is 41.5 Å². The summed E-state index contributed by atoms with van der Waals surface area (Å²) in [5, 5.41) is 6.16. The van der Waals surface area contributed by atoms with Crippen LogP contribution >= 0.6 is 46.3 Å². The van der Waals surface area contributed by atoms with Crippen LogP contribution in [0.1, 0.15) is 77.6 Å². The molecule has 4 aromatic rings. The molecule has 1 aliphatic rings. The summed E-state index contributed by atoms with van der Waals surface area (Å²) in [7, 11) is 12.2. The van der Waals surface area contributed by atoms with Gasteiger partial charge in [0, 0.05) is 11.1 Å². The minimum absolute atomic E-state index is 0.107. The SMILES string of the molecule is Cc1ccccc1[PH+](c1ccccc1C)N(C(C)C)[PH+]1c2cc(C(C)(C)C)ccc2-c2ccc(C(C)(C)C)cc21.[Cl][Cr]([Cl])[Cl]. The van der Waals surface area contributed by atoms with Crippen molar-refractivity contribution >= 4 is 67.5 Å². The zero-order valence-corrected chi connectivity index (χ0v) is 33.2. The van der Waals surface area contributed by atoms with E-state index in [0.29, 0.717) is 6.04 Å². The summed E-state index contributed by atoms with van der Waals surface area (Å²) in [4.78, 5) is 0. The Hall–Kier alpha value is -0.898. The van der Waals surface area contributed by atoms with Crippen molar-refractivity contribution in [3.05, 3.63) is 107 Å². The van der Waals surface area contributed by atoms with Gasteiger partial charge in [0.2, 0.25) is 0 Å². The van der Waals surface area contributed by atoms with Crippen molar-refractivity contribution in [3.63, 3.8) is 0 Å². The Morgan fingerprint density at radius 3 is 1.32 bits per heavy atom. The second-order valence-corrected chi connectivity index (χ2v) is 25.3. The number of rotatable bonds is 5. The fraction of sp³-hybridized carbons (Fsp3) is 0.351. The van der Waals surface area contributed by atoms with Crippen molar-refractivity contribution in [3.8, 4) is 11.1 Å². The summed E-state index contributed by atoms with van der Waals surface area (Å²) < 4.78 is 3.00. The van der Waals surface area contributed by atoms with Crippen LogP contribution in [0.3, 0.4) is 0 Å². The average Bonchev–Trinajstić information content (AvgIpc) is 3.24. The molecule has 1 heterocycles. The predicted octanol–water partition coefficient (Wildman–Crippen LogP) is 10.5. The van der Waals surface area contributed by atoms with Gasteiger partial charge in [-0.3, -0.25) is 0 Å². The van der Waals surface area contributed by atoms with E-state index in [1.165, 1.54) is 44.0 Å². The zero-order chi connectivity index (χ0) is 32.6. The van der Waals surface area contributed by atoms with E-state index in [0.717, 1.165) is 0 Å². The molecular formula is C37H47Cl3CrNP2+2. The molecule has 0 spiro atoms. The second-order valence-electron chi connectivity index (χ2n) is 14.0. The Kier molecular flexibility index (Phi) is 11.8. The maximum atomic E-state index is 4.93. The van der Waals surface area contributed by atoms with Crippen LogP contribution < -0.4 is 21.2 Å². The monoisotopic (exact) mass is 724 g/mol. The molecule has 1 nitrogen and oxygen atoms in total. The van der Waals surface area contributed by atoms with E-state index in [1.54, 1.807) is 10.6 Å². The third kappa shape index (κ3) is 7.96. The van der Waals surface area contributed by atoms with Gasteiger partial charge in [-0.2, -0.15) is 0 Å². The molecule has 0 aromatic heterocycles. The van der Waals surface area contributed by atoms with Gasteiger partial charge in [-0.15, -0.1) is 0 Å². The fourth-order valence-corrected chi connectivity index (χ4v) is 13.9. The molecular weight excluding hydrogens is 679 g/mol. The van der Waals surface area contributed by atoms with E-state index < -0.39 is 27.5 Å². The van der Waals surface area contributed by atoms with Gasteiger partial charge in [-0.25, -0.2) is 0 Å². The summed E-state index contributed by atoms with van der Waals surface area (Å²) >= 11 is -1.62. The molecule has 0 atom stereocenters. The molecule has 7 heteroatoms. The van der Waals surface area contributed by atoms with E-state index in [2.05, 4.69) is 159 Å². The second kappa shape index (κ2) is 14.5. The van der Waals surface area contributed by atoms with Gasteiger partial charge in [0.25, 0.3) is 0 Å². The first-order valence-corrected chi connectivity index (χ1v) is 23.4. The van der Waals surface area contributed by atoms with Crippen LogP contribution in [-0.2, 0) is 22.2 Å². The van der Waals surface area contributed by atoms with Gasteiger partial charge in [-0.1, -0.05) is 90.1 Å². The molecule has 0 amide bonds. The van der Waals surface area contributed by atoms with Gasteiger partial charge < -0.3 is 0 Å². The third-order valence-electron chi connectivity index (χ3n) is 8.37. The van der Waals surface area contributed by atoms with Crippen molar-refractivity contribution in [2.75, 3.05) is 0 Å². The molecule has 0 bridgehead atoms. The van der Waals surface area contributed by atoms with Crippen LogP contribution in [0.25, 0.3) is 11.1 Å². The number of hydrogen-bond acceptors (Lipinski definition) is 1. The minimum atomic E-state index is -1.62. The van der Waals surface area contributed by atoms with Gasteiger partial charge in [-0.05, 0) is 102 Å². The van der Waals surface area contributed by atoms with Crippen molar-refractivity contribution in [1.29, 1.82) is 0 Å². The maximum absolute atomic E-state index is 4.93. The van der Waals surface area contributed by atoms with E-state index in [-0.39, 0.29) is 10.8 Å². The van der Waals surface area contributed by atoms with Crippen molar-refractivity contribution in [1.82, 2.24) is 4.44 Å². The van der Waals surface area contributed by atoms with Crippen LogP contribution in [0.15, 0.2) is 84.9 Å². The Balaban J connectivity index is 0.00000104. The van der Waals surface area contributed by atoms with Gasteiger partial charge in [0.15, 0.2) is 16.1 Å². The third-order valence-corrected chi connectivity index (χ3v) is 15.7. The number of halogens is 3. The van der Waals surface area contributed by atoms with Gasteiger partial charge in [0.05, 0.1) is 6.04 Å².